The van der Waals surface area contributed by atoms with Crippen molar-refractivity contribution in [2.45, 2.75) is 13.1 Å². The van der Waals surface area contributed by atoms with Crippen molar-refractivity contribution in [2.24, 2.45) is 0 Å². The highest BCUT2D eigenvalue weighted by molar-refractivity contribution is 6.04. The lowest BCUT2D eigenvalue weighted by Gasteiger charge is -2.13. The molecule has 0 aliphatic heterocycles. The van der Waals surface area contributed by atoms with Crippen molar-refractivity contribution in [3.8, 4) is 16.9 Å². The number of aryl methyl sites for hydroxylation is 1. The lowest BCUT2D eigenvalue weighted by molar-refractivity contribution is -0.153. The fourth-order valence-electron chi connectivity index (χ4n) is 3.09. The van der Waals surface area contributed by atoms with Crippen LogP contribution in [0.3, 0.4) is 0 Å². The summed E-state index contributed by atoms with van der Waals surface area (Å²) in [4.78, 5) is 21.1. The zero-order valence-corrected chi connectivity index (χ0v) is 16.3. The first-order valence-electron chi connectivity index (χ1n) is 9.30. The summed E-state index contributed by atoms with van der Waals surface area (Å²) in [6.45, 7) is 0.441. The van der Waals surface area contributed by atoms with Crippen LogP contribution >= 0.6 is 0 Å². The minimum atomic E-state index is -4.46. The maximum Gasteiger partial charge on any atom is 0.422 e. The molecule has 3 heterocycles. The highest BCUT2D eigenvalue weighted by atomic mass is 19.4. The molecule has 158 valence electrons. The van der Waals surface area contributed by atoms with Gasteiger partial charge in [-0.2, -0.15) is 13.2 Å². The van der Waals surface area contributed by atoms with Crippen molar-refractivity contribution >= 4 is 17.2 Å². The number of benzene rings is 1. The van der Waals surface area contributed by atoms with E-state index in [-0.39, 0.29) is 11.4 Å². The Morgan fingerprint density at radius 1 is 1.13 bits per heavy atom. The molecule has 0 radical (unpaired) electrons. The van der Waals surface area contributed by atoms with E-state index in [1.165, 1.54) is 6.07 Å². The molecule has 9 heteroatoms. The van der Waals surface area contributed by atoms with Crippen LogP contribution in [0.1, 0.15) is 16.1 Å². The Balaban J connectivity index is 1.69. The van der Waals surface area contributed by atoms with Gasteiger partial charge in [0.1, 0.15) is 17.1 Å². The molecule has 0 saturated carbocycles. The molecule has 0 fully saturated rings. The highest BCUT2D eigenvalue weighted by Crippen LogP contribution is 2.33. The Kier molecular flexibility index (Phi) is 5.33. The fourth-order valence-corrected chi connectivity index (χ4v) is 3.09. The van der Waals surface area contributed by atoms with Crippen LogP contribution < -0.4 is 10.1 Å². The number of fused-ring (bicyclic) bond motifs is 1. The molecule has 1 amide bonds. The van der Waals surface area contributed by atoms with Gasteiger partial charge in [-0.25, -0.2) is 4.98 Å². The van der Waals surface area contributed by atoms with Crippen LogP contribution in [0.2, 0.25) is 0 Å². The molecular weight excluding hydrogens is 409 g/mol. The number of halogens is 3. The molecule has 1 aromatic carbocycles. The molecule has 0 bridgehead atoms. The zero-order valence-electron chi connectivity index (χ0n) is 16.3. The maximum absolute atomic E-state index is 12.7. The molecule has 4 aromatic rings. The van der Waals surface area contributed by atoms with E-state index in [1.54, 1.807) is 65.6 Å². The highest BCUT2D eigenvalue weighted by Gasteiger charge is 2.29. The minimum absolute atomic E-state index is 0.0768. The summed E-state index contributed by atoms with van der Waals surface area (Å²) in [5.74, 6) is -0.347. The molecule has 0 saturated heterocycles. The second-order valence-electron chi connectivity index (χ2n) is 6.82. The van der Waals surface area contributed by atoms with Crippen LogP contribution in [0.4, 0.5) is 18.9 Å². The van der Waals surface area contributed by atoms with Crippen LogP contribution in [0.25, 0.3) is 16.8 Å². The molecule has 0 atom stereocenters. The molecule has 6 nitrogen and oxygen atoms in total. The van der Waals surface area contributed by atoms with Crippen LogP contribution in [-0.2, 0) is 0 Å². The van der Waals surface area contributed by atoms with Gasteiger partial charge in [0.15, 0.2) is 6.61 Å². The van der Waals surface area contributed by atoms with Gasteiger partial charge >= 0.3 is 6.18 Å². The number of imidazole rings is 1. The monoisotopic (exact) mass is 426 g/mol. The summed E-state index contributed by atoms with van der Waals surface area (Å²) < 4.78 is 44.6. The first-order chi connectivity index (χ1) is 14.8. The van der Waals surface area contributed by atoms with Crippen molar-refractivity contribution in [3.05, 3.63) is 78.5 Å². The van der Waals surface area contributed by atoms with E-state index in [1.807, 2.05) is 6.92 Å². The third-order valence-electron chi connectivity index (χ3n) is 4.57. The van der Waals surface area contributed by atoms with E-state index >= 15 is 0 Å². The third-order valence-corrected chi connectivity index (χ3v) is 4.57. The first-order valence-corrected chi connectivity index (χ1v) is 9.30. The third kappa shape index (κ3) is 4.50. The number of nitrogens with one attached hydrogen (secondary N) is 1. The Hall–Kier alpha value is -3.88. The number of ether oxygens (including phenoxy) is 1. The zero-order chi connectivity index (χ0) is 22.0. The number of nitrogens with zero attached hydrogens (tertiary/aromatic N) is 3. The summed E-state index contributed by atoms with van der Waals surface area (Å²) in [7, 11) is 0. The summed E-state index contributed by atoms with van der Waals surface area (Å²) in [6, 6.07) is 11.6. The first kappa shape index (κ1) is 20.4. The number of anilines is 1. The molecule has 0 spiro atoms. The normalized spacial score (nSPS) is 11.5. The van der Waals surface area contributed by atoms with E-state index in [0.717, 1.165) is 5.56 Å². The van der Waals surface area contributed by atoms with Crippen molar-refractivity contribution in [1.29, 1.82) is 0 Å². The van der Waals surface area contributed by atoms with E-state index in [4.69, 9.17) is 4.74 Å². The number of hydrogen-bond donors (Lipinski definition) is 1. The number of hydrogen-bond acceptors (Lipinski definition) is 4. The number of amides is 1. The number of carbonyl (C=O) groups is 1. The Bertz CT molecular complexity index is 1250. The minimum Gasteiger partial charge on any atom is -0.483 e. The predicted molar refractivity (Wildman–Crippen MR) is 109 cm³/mol. The average molecular weight is 426 g/mol. The number of aromatic nitrogens is 3. The smallest absolute Gasteiger partial charge is 0.422 e. The number of rotatable bonds is 5. The number of alkyl halides is 3. The molecule has 1 N–H and O–H groups in total. The Labute approximate surface area is 175 Å². The molecular formula is C22H17F3N4O2. The topological polar surface area (TPSA) is 68.5 Å². The molecule has 31 heavy (non-hydrogen) atoms. The van der Waals surface area contributed by atoms with Gasteiger partial charge in [0.25, 0.3) is 5.91 Å². The van der Waals surface area contributed by atoms with Gasteiger partial charge in [0.05, 0.1) is 11.9 Å². The van der Waals surface area contributed by atoms with Gasteiger partial charge in [-0.05, 0) is 36.8 Å². The van der Waals surface area contributed by atoms with Crippen LogP contribution in [0, 0.1) is 6.92 Å². The second kappa shape index (κ2) is 8.10. The number of para-hydroxylation sites is 1. The predicted octanol–water partition coefficient (Wildman–Crippen LogP) is 4.90. The average Bonchev–Trinajstić information content (AvgIpc) is 3.18. The largest absolute Gasteiger partial charge is 0.483 e. The quantitative estimate of drug-likeness (QED) is 0.493. The fraction of sp³-hybridized carbons (Fsp3) is 0.136. The standard InChI is InChI=1S/C22H17F3N4O2/c1-14-8-9-26-11-17(14)28-21(30)18-12-29-10-4-6-16(20(29)27-18)15-5-2-3-7-19(15)31-13-22(23,24)25/h2-12H,13H2,1H3,(H,28,30). The van der Waals surface area contributed by atoms with Crippen molar-refractivity contribution in [2.75, 3.05) is 11.9 Å². The van der Waals surface area contributed by atoms with Crippen molar-refractivity contribution in [1.82, 2.24) is 14.4 Å². The number of pyridine rings is 2. The van der Waals surface area contributed by atoms with Gasteiger partial charge in [0, 0.05) is 29.7 Å². The van der Waals surface area contributed by atoms with Crippen LogP contribution in [0.5, 0.6) is 5.75 Å². The van der Waals surface area contributed by atoms with Crippen LogP contribution in [-0.4, -0.2) is 33.1 Å². The molecule has 0 unspecified atom stereocenters. The lowest BCUT2D eigenvalue weighted by atomic mass is 10.1. The van der Waals surface area contributed by atoms with Gasteiger partial charge in [0.2, 0.25) is 0 Å². The van der Waals surface area contributed by atoms with E-state index in [2.05, 4.69) is 15.3 Å². The SMILES string of the molecule is Cc1ccncc1NC(=O)c1cn2cccc(-c3ccccc3OCC(F)(F)F)c2n1. The molecule has 3 aromatic heterocycles. The van der Waals surface area contributed by atoms with E-state index in [9.17, 15) is 18.0 Å². The van der Waals surface area contributed by atoms with Crippen molar-refractivity contribution in [3.63, 3.8) is 0 Å². The summed E-state index contributed by atoms with van der Waals surface area (Å²) in [6.07, 6.45) is 1.97. The Morgan fingerprint density at radius 2 is 1.90 bits per heavy atom. The summed E-state index contributed by atoms with van der Waals surface area (Å²) in [5, 5.41) is 2.77. The van der Waals surface area contributed by atoms with E-state index in [0.29, 0.717) is 22.5 Å². The summed E-state index contributed by atoms with van der Waals surface area (Å²) >= 11 is 0. The molecule has 4 rings (SSSR count). The van der Waals surface area contributed by atoms with E-state index < -0.39 is 18.7 Å². The van der Waals surface area contributed by atoms with Gasteiger partial charge in [-0.1, -0.05) is 18.2 Å². The van der Waals surface area contributed by atoms with Gasteiger partial charge in [-0.3, -0.25) is 9.78 Å². The lowest BCUT2D eigenvalue weighted by Crippen LogP contribution is -2.19. The number of carbonyl (C=O) groups excluding carboxylic acids is 1. The summed E-state index contributed by atoms with van der Waals surface area (Å²) in [5.41, 5.74) is 2.97. The van der Waals surface area contributed by atoms with Crippen molar-refractivity contribution < 1.29 is 22.7 Å². The van der Waals surface area contributed by atoms with Crippen LogP contribution in [0.15, 0.2) is 67.3 Å². The molecule has 0 aliphatic carbocycles. The molecule has 0 aliphatic rings. The Morgan fingerprint density at radius 3 is 2.68 bits per heavy atom. The van der Waals surface area contributed by atoms with Gasteiger partial charge < -0.3 is 14.5 Å². The van der Waals surface area contributed by atoms with Gasteiger partial charge in [-0.15, -0.1) is 0 Å². The second-order valence-corrected chi connectivity index (χ2v) is 6.82. The maximum atomic E-state index is 12.7.